The van der Waals surface area contributed by atoms with Gasteiger partial charge >= 0.3 is 0 Å². The van der Waals surface area contributed by atoms with Crippen molar-refractivity contribution >= 4 is 29.7 Å². The molecule has 206 valence electrons. The van der Waals surface area contributed by atoms with Gasteiger partial charge in [-0.15, -0.1) is 4.59 Å². The van der Waals surface area contributed by atoms with Crippen LogP contribution < -0.4 is 15.9 Å². The van der Waals surface area contributed by atoms with Crippen LogP contribution in [-0.4, -0.2) is 71.8 Å². The largest absolute Gasteiger partial charge is 0.495 e. The number of nitrogens with two attached hydrogens (primary N) is 1. The maximum Gasteiger partial charge on any atom is 0.264 e. The van der Waals surface area contributed by atoms with Crippen LogP contribution in [0.15, 0.2) is 76.4 Å². The van der Waals surface area contributed by atoms with E-state index >= 15 is 0 Å². The Balaban J connectivity index is 1.23. The molecule has 0 spiro atoms. The number of carbonyl (C=O) groups is 2. The molecule has 40 heavy (non-hydrogen) atoms. The number of fused-ring (bicyclic) bond motifs is 1. The van der Waals surface area contributed by atoms with Crippen LogP contribution >= 0.6 is 0 Å². The lowest BCUT2D eigenvalue weighted by Gasteiger charge is -2.42. The average Bonchev–Trinajstić information content (AvgIpc) is 3.29. The number of rotatable bonds is 6. The Hall–Kier alpha value is -4.19. The van der Waals surface area contributed by atoms with Crippen LogP contribution in [-0.2, 0) is 9.53 Å². The Morgan fingerprint density at radius 3 is 2.67 bits per heavy atom. The minimum atomic E-state index is -0.440. The number of piperidine rings is 1. The van der Waals surface area contributed by atoms with Gasteiger partial charge in [0.1, 0.15) is 23.5 Å². The molecule has 0 bridgehead atoms. The topological polar surface area (TPSA) is 132 Å². The third kappa shape index (κ3) is 4.51. The molecule has 6 rings (SSSR count). The molecule has 2 amide bonds. The molecule has 0 radical (unpaired) electrons. The van der Waals surface area contributed by atoms with E-state index in [1.807, 2.05) is 24.0 Å². The number of aromatic nitrogens is 1. The first-order valence-electron chi connectivity index (χ1n) is 13.3. The van der Waals surface area contributed by atoms with E-state index in [-0.39, 0.29) is 22.3 Å². The van der Waals surface area contributed by atoms with E-state index in [0.29, 0.717) is 42.7 Å². The van der Waals surface area contributed by atoms with E-state index in [1.54, 1.807) is 56.2 Å². The van der Waals surface area contributed by atoms with E-state index in [9.17, 15) is 9.59 Å². The molecule has 4 aliphatic rings. The first-order chi connectivity index (χ1) is 19.3. The molecule has 11 heteroatoms. The second kappa shape index (κ2) is 10.1. The number of amidine groups is 1. The molecule has 0 aliphatic carbocycles. The minimum absolute atomic E-state index is 0.0378. The van der Waals surface area contributed by atoms with Crippen molar-refractivity contribution in [1.82, 2.24) is 9.88 Å². The van der Waals surface area contributed by atoms with Crippen molar-refractivity contribution in [2.24, 2.45) is 27.2 Å². The number of benzene rings is 1. The highest BCUT2D eigenvalue weighted by Crippen LogP contribution is 2.39. The molecule has 2 atom stereocenters. The third-order valence-electron chi connectivity index (χ3n) is 7.89. The number of amides is 2. The van der Waals surface area contributed by atoms with Gasteiger partial charge in [0.25, 0.3) is 11.7 Å². The maximum atomic E-state index is 13.2. The molecule has 1 aromatic carbocycles. The van der Waals surface area contributed by atoms with Gasteiger partial charge in [0, 0.05) is 24.6 Å². The monoisotopic (exact) mass is 542 g/mol. The molecule has 0 saturated carbocycles. The molecule has 5 heterocycles. The fraction of sp³-hybridized carbons (Fsp3) is 0.345. The Bertz CT molecular complexity index is 1460. The molecule has 3 N–H and O–H groups in total. The summed E-state index contributed by atoms with van der Waals surface area (Å²) in [4.78, 5) is 41.6. The third-order valence-corrected chi connectivity index (χ3v) is 7.89. The van der Waals surface area contributed by atoms with Crippen LogP contribution in [0.1, 0.15) is 35.7 Å². The van der Waals surface area contributed by atoms with Crippen molar-refractivity contribution in [1.29, 1.82) is 0 Å². The Kier molecular flexibility index (Phi) is 6.57. The zero-order valence-corrected chi connectivity index (χ0v) is 22.5. The summed E-state index contributed by atoms with van der Waals surface area (Å²) in [5.41, 5.74) is 2.47. The zero-order valence-electron chi connectivity index (χ0n) is 22.5. The highest BCUT2D eigenvalue weighted by atomic mass is 16.5. The average molecular weight is 543 g/mol. The number of hydrogen-bond donors (Lipinski definition) is 2. The van der Waals surface area contributed by atoms with Gasteiger partial charge in [0.05, 0.1) is 49.9 Å². The van der Waals surface area contributed by atoms with E-state index in [1.165, 1.54) is 0 Å². The van der Waals surface area contributed by atoms with Gasteiger partial charge in [-0.25, -0.2) is 4.98 Å². The number of allylic oxidation sites excluding steroid dienone is 1. The lowest BCUT2D eigenvalue weighted by Crippen LogP contribution is -2.55. The predicted octanol–water partition coefficient (Wildman–Crippen LogP) is 2.84. The number of methoxy groups -OCH3 is 1. The van der Waals surface area contributed by atoms with E-state index in [4.69, 9.17) is 20.3 Å². The molecule has 4 aliphatic heterocycles. The number of pyridine rings is 1. The number of carbonyl (C=O) groups excluding carboxylic acids is 2. The number of nitrogens with one attached hydrogen (secondary N) is 1. The number of hydrogen-bond acceptors (Lipinski definition) is 8. The van der Waals surface area contributed by atoms with Crippen LogP contribution in [0, 0.1) is 11.3 Å². The summed E-state index contributed by atoms with van der Waals surface area (Å²) in [5, 5.41) is 2.79. The summed E-state index contributed by atoms with van der Waals surface area (Å²) < 4.78 is 10.3. The predicted molar refractivity (Wildman–Crippen MR) is 149 cm³/mol. The fourth-order valence-electron chi connectivity index (χ4n) is 5.54. The van der Waals surface area contributed by atoms with Crippen LogP contribution in [0.5, 0.6) is 5.75 Å². The summed E-state index contributed by atoms with van der Waals surface area (Å²) in [5.74, 6) is 8.50. The quantitative estimate of drug-likeness (QED) is 0.426. The standard InChI is InChI=1S/C29H31N7O4/c1-29(17-40-18-29)28(38)35-12-3-4-21(16-35)25-23-15-31-11-13-36(23,30)26(34-25)19-5-7-20(8-6-19)27(37)33-24-10-9-22(39-2)14-32-24/h5-11,13-15,21H,3-4,12,16-18,30H2,1-2H3/p+1/t21-,36?/m1/s1. The smallest absolute Gasteiger partial charge is 0.264 e. The van der Waals surface area contributed by atoms with Crippen molar-refractivity contribution < 1.29 is 23.7 Å². The highest BCUT2D eigenvalue weighted by Gasteiger charge is 2.48. The second-order valence-corrected chi connectivity index (χ2v) is 10.8. The van der Waals surface area contributed by atoms with Crippen molar-refractivity contribution in [3.8, 4) is 5.75 Å². The first kappa shape index (κ1) is 26.1. The van der Waals surface area contributed by atoms with E-state index < -0.39 is 5.41 Å². The molecule has 2 aromatic rings. The summed E-state index contributed by atoms with van der Waals surface area (Å²) >= 11 is 0. The zero-order chi connectivity index (χ0) is 27.9. The molecule has 11 nitrogen and oxygen atoms in total. The van der Waals surface area contributed by atoms with Crippen molar-refractivity contribution in [3.63, 3.8) is 0 Å². The number of quaternary nitrogens is 1. The van der Waals surface area contributed by atoms with Crippen molar-refractivity contribution in [3.05, 3.63) is 77.5 Å². The molecular formula is C29H32N7O4+. The van der Waals surface area contributed by atoms with E-state index in [2.05, 4.69) is 15.3 Å². The number of anilines is 1. The van der Waals surface area contributed by atoms with Gasteiger partial charge in [-0.3, -0.25) is 14.6 Å². The SMILES string of the molecule is COc1ccc(NC(=O)c2ccc(C3=NC([C@@H]4CCCN(C(=O)C5(C)COC5)C4)=C4C=NC=C[N+]34N)cc2)nc1. The Morgan fingerprint density at radius 2 is 2.00 bits per heavy atom. The summed E-state index contributed by atoms with van der Waals surface area (Å²) in [6, 6.07) is 10.6. The van der Waals surface area contributed by atoms with Gasteiger partial charge in [-0.1, -0.05) is 0 Å². The number of aliphatic imine (C=N–C) groups is 2. The summed E-state index contributed by atoms with van der Waals surface area (Å²) in [7, 11) is 1.56. The molecule has 1 unspecified atom stereocenters. The molecule has 1 aromatic heterocycles. The Labute approximate surface area is 232 Å². The second-order valence-electron chi connectivity index (χ2n) is 10.8. The fourth-order valence-corrected chi connectivity index (χ4v) is 5.54. The molecule has 2 saturated heterocycles. The van der Waals surface area contributed by atoms with Crippen LogP contribution in [0.3, 0.4) is 0 Å². The highest BCUT2D eigenvalue weighted by molar-refractivity contribution is 6.05. The van der Waals surface area contributed by atoms with Gasteiger partial charge in [0.15, 0.2) is 0 Å². The molecular weight excluding hydrogens is 510 g/mol. The van der Waals surface area contributed by atoms with E-state index in [0.717, 1.165) is 36.3 Å². The van der Waals surface area contributed by atoms with Crippen LogP contribution in [0.2, 0.25) is 0 Å². The first-order valence-corrected chi connectivity index (χ1v) is 13.3. The van der Waals surface area contributed by atoms with Gasteiger partial charge < -0.3 is 19.7 Å². The van der Waals surface area contributed by atoms with Gasteiger partial charge in [-0.2, -0.15) is 10.8 Å². The van der Waals surface area contributed by atoms with Gasteiger partial charge in [-0.05, 0) is 56.2 Å². The molecule has 2 fully saturated rings. The van der Waals surface area contributed by atoms with Crippen molar-refractivity contribution in [2.45, 2.75) is 19.8 Å². The van der Waals surface area contributed by atoms with Crippen LogP contribution in [0.4, 0.5) is 5.82 Å². The van der Waals surface area contributed by atoms with Crippen molar-refractivity contribution in [2.75, 3.05) is 38.7 Å². The Morgan fingerprint density at radius 1 is 1.20 bits per heavy atom. The lowest BCUT2D eigenvalue weighted by molar-refractivity contribution is -0.750. The summed E-state index contributed by atoms with van der Waals surface area (Å²) in [6.45, 7) is 4.21. The number of likely N-dealkylation sites (tertiary alicyclic amines) is 1. The lowest BCUT2D eigenvalue weighted by atomic mass is 9.85. The van der Waals surface area contributed by atoms with Crippen LogP contribution in [0.25, 0.3) is 0 Å². The minimum Gasteiger partial charge on any atom is -0.495 e. The summed E-state index contributed by atoms with van der Waals surface area (Å²) in [6.07, 6.45) is 8.57. The maximum absolute atomic E-state index is 13.2. The number of nitrogens with zero attached hydrogens (tertiary/aromatic N) is 5. The van der Waals surface area contributed by atoms with Gasteiger partial charge in [0.2, 0.25) is 11.6 Å². The number of ether oxygens (including phenoxy) is 2. The normalized spacial score (nSPS) is 24.7.